The fourth-order valence-corrected chi connectivity index (χ4v) is 8.77. The maximum atomic E-state index is 14.0. The maximum Gasteiger partial charge on any atom is 0.410 e. The zero-order valence-corrected chi connectivity index (χ0v) is 34.5. The molecule has 5 heterocycles. The molecule has 0 aliphatic carbocycles. The number of fused-ring (bicyclic) bond motifs is 6. The van der Waals surface area contributed by atoms with E-state index < -0.39 is 17.7 Å². The molecule has 58 heavy (non-hydrogen) atoms. The third-order valence-corrected chi connectivity index (χ3v) is 11.5. The largest absolute Gasteiger partial charge is 0.488 e. The minimum atomic E-state index is -0.751. The van der Waals surface area contributed by atoms with Crippen molar-refractivity contribution in [1.29, 1.82) is 0 Å². The van der Waals surface area contributed by atoms with Gasteiger partial charge in [-0.3, -0.25) is 9.69 Å². The first kappa shape index (κ1) is 39.2. The number of H-pyrrole nitrogens is 2. The molecule has 3 aliphatic rings. The third-order valence-electron chi connectivity index (χ3n) is 11.5. The number of alkyl carbamates (subject to hydrolysis) is 1. The Labute approximate surface area is 338 Å². The first-order chi connectivity index (χ1) is 27.7. The van der Waals surface area contributed by atoms with Gasteiger partial charge in [0.05, 0.1) is 48.7 Å². The Kier molecular flexibility index (Phi) is 10.3. The first-order valence-electron chi connectivity index (χ1n) is 20.1. The van der Waals surface area contributed by atoms with Crippen molar-refractivity contribution in [2.45, 2.75) is 84.7 Å². The van der Waals surface area contributed by atoms with Crippen LogP contribution >= 0.6 is 0 Å². The van der Waals surface area contributed by atoms with E-state index in [2.05, 4.69) is 58.6 Å². The number of aromatic amines is 2. The van der Waals surface area contributed by atoms with Crippen molar-refractivity contribution in [1.82, 2.24) is 35.1 Å². The first-order valence-corrected chi connectivity index (χ1v) is 20.1. The molecule has 5 unspecified atom stereocenters. The van der Waals surface area contributed by atoms with E-state index in [9.17, 15) is 14.4 Å². The van der Waals surface area contributed by atoms with Crippen LogP contribution in [0.25, 0.3) is 44.2 Å². The highest BCUT2D eigenvalue weighted by Gasteiger charge is 2.42. The lowest BCUT2D eigenvalue weighted by Gasteiger charge is -2.30. The van der Waals surface area contributed by atoms with Crippen molar-refractivity contribution < 1.29 is 33.3 Å². The number of ether oxygens (including phenoxy) is 4. The molecule has 0 radical (unpaired) electrons. The van der Waals surface area contributed by atoms with Gasteiger partial charge < -0.3 is 39.1 Å². The summed E-state index contributed by atoms with van der Waals surface area (Å²) in [6, 6.07) is 13.4. The van der Waals surface area contributed by atoms with Crippen LogP contribution in [0, 0.1) is 17.8 Å². The molecule has 3 aromatic carbocycles. The lowest BCUT2D eigenvalue weighted by atomic mass is 9.92. The summed E-state index contributed by atoms with van der Waals surface area (Å²) in [7, 11) is 2.96. The number of imidazole rings is 2. The average molecular weight is 792 g/mol. The number of carbonyl (C=O) groups excluding carboxylic acids is 3. The van der Waals surface area contributed by atoms with Gasteiger partial charge in [0.1, 0.15) is 35.6 Å². The Bertz CT molecular complexity index is 2380. The lowest BCUT2D eigenvalue weighted by Crippen LogP contribution is -2.51. The number of nitrogens with zero attached hydrogens (tertiary/aromatic N) is 4. The number of hydrogen-bond donors (Lipinski definition) is 3. The highest BCUT2D eigenvalue weighted by atomic mass is 16.6. The van der Waals surface area contributed by atoms with Crippen LogP contribution < -0.4 is 10.1 Å². The normalized spacial score (nSPS) is 20.9. The standard InChI is InChI=1S/C44H53N7O7/c1-23(2)37(49-42(53)56-8)41(52)50-20-25(21-55-7)14-35(50)40-46-32-12-10-26-16-31-29-11-9-27(15-28(29)22-57-36(31)17-30(26)38(32)48-40)33-18-45-39(47-33)34-13-24(3)19-51(34)43(54)58-44(4,5)6/h9-12,15-18,23-25,34-35,37H,13-14,19-22H2,1-8H3,(H,45,47)(H,46,48)(H,49,53). The number of carbonyl (C=O) groups is 3. The Morgan fingerprint density at radius 1 is 0.966 bits per heavy atom. The second-order valence-corrected chi connectivity index (χ2v) is 17.4. The van der Waals surface area contributed by atoms with Gasteiger partial charge in [-0.25, -0.2) is 19.6 Å². The minimum Gasteiger partial charge on any atom is -0.488 e. The smallest absolute Gasteiger partial charge is 0.410 e. The van der Waals surface area contributed by atoms with Gasteiger partial charge in [-0.1, -0.05) is 39.0 Å². The number of aromatic nitrogens is 4. The molecule has 3 amide bonds. The summed E-state index contributed by atoms with van der Waals surface area (Å²) >= 11 is 0. The van der Waals surface area contributed by atoms with E-state index in [-0.39, 0.29) is 35.9 Å². The zero-order chi connectivity index (χ0) is 41.0. The van der Waals surface area contributed by atoms with Crippen LogP contribution in [0.2, 0.25) is 0 Å². The number of rotatable bonds is 8. The number of benzene rings is 3. The van der Waals surface area contributed by atoms with Crippen molar-refractivity contribution in [3.63, 3.8) is 0 Å². The Hall–Kier alpha value is -5.63. The van der Waals surface area contributed by atoms with E-state index >= 15 is 0 Å². The molecule has 14 heteroatoms. The van der Waals surface area contributed by atoms with Crippen LogP contribution in [0.1, 0.15) is 83.7 Å². The van der Waals surface area contributed by atoms with E-state index in [0.29, 0.717) is 44.5 Å². The lowest BCUT2D eigenvalue weighted by molar-refractivity contribution is -0.135. The summed E-state index contributed by atoms with van der Waals surface area (Å²) in [4.78, 5) is 59.8. The van der Waals surface area contributed by atoms with Gasteiger partial charge in [-0.2, -0.15) is 0 Å². The zero-order valence-electron chi connectivity index (χ0n) is 34.5. The molecule has 8 rings (SSSR count). The molecule has 0 spiro atoms. The van der Waals surface area contributed by atoms with Gasteiger partial charge in [0, 0.05) is 37.1 Å². The topological polar surface area (TPSA) is 164 Å². The Morgan fingerprint density at radius 3 is 2.50 bits per heavy atom. The third kappa shape index (κ3) is 7.45. The number of likely N-dealkylation sites (tertiary alicyclic amines) is 2. The number of nitrogens with one attached hydrogen (secondary N) is 3. The SMILES string of the molecule is COCC1CC(c2nc3c(ccc4cc5c(cc43)OCc3cc(-c4cnc(C6CC(C)CN6C(=O)OC(C)(C)C)[nH]4)ccc3-5)[nH]2)N(C(=O)C(NC(=O)OC)C(C)C)C1. The molecule has 306 valence electrons. The molecule has 2 aromatic heterocycles. The second kappa shape index (κ2) is 15.3. The highest BCUT2D eigenvalue weighted by Crippen LogP contribution is 2.44. The van der Waals surface area contributed by atoms with Crippen molar-refractivity contribution in [2.75, 3.05) is 33.9 Å². The summed E-state index contributed by atoms with van der Waals surface area (Å²) in [5, 5.41) is 4.70. The van der Waals surface area contributed by atoms with Crippen molar-refractivity contribution in [3.05, 3.63) is 65.9 Å². The van der Waals surface area contributed by atoms with E-state index in [0.717, 1.165) is 67.7 Å². The summed E-state index contributed by atoms with van der Waals surface area (Å²) in [5.41, 5.74) is 6.10. The van der Waals surface area contributed by atoms with E-state index in [4.69, 9.17) is 28.9 Å². The van der Waals surface area contributed by atoms with Gasteiger partial charge in [0.2, 0.25) is 5.91 Å². The summed E-state index contributed by atoms with van der Waals surface area (Å²) < 4.78 is 22.5. The molecule has 3 aliphatic heterocycles. The van der Waals surface area contributed by atoms with Crippen LogP contribution in [0.4, 0.5) is 9.59 Å². The van der Waals surface area contributed by atoms with Gasteiger partial charge in [-0.05, 0) is 91.8 Å². The molecule has 3 N–H and O–H groups in total. The molecule has 0 bridgehead atoms. The van der Waals surface area contributed by atoms with Crippen LogP contribution in [0.5, 0.6) is 5.75 Å². The fraction of sp³-hybridized carbons (Fsp3) is 0.477. The predicted octanol–water partition coefficient (Wildman–Crippen LogP) is 7.90. The van der Waals surface area contributed by atoms with Crippen molar-refractivity contribution in [2.24, 2.45) is 17.8 Å². The number of methoxy groups -OCH3 is 2. The molecule has 14 nitrogen and oxygen atoms in total. The summed E-state index contributed by atoms with van der Waals surface area (Å²) in [6.07, 6.45) is 2.35. The number of amides is 3. The maximum absolute atomic E-state index is 14.0. The average Bonchev–Trinajstić information content (AvgIpc) is 4.00. The Balaban J connectivity index is 1.07. The van der Waals surface area contributed by atoms with Crippen molar-refractivity contribution in [3.8, 4) is 28.1 Å². The molecule has 0 saturated carbocycles. The number of hydrogen-bond acceptors (Lipinski definition) is 9. The molecule has 5 aromatic rings. The van der Waals surface area contributed by atoms with Crippen LogP contribution in [0.3, 0.4) is 0 Å². The van der Waals surface area contributed by atoms with E-state index in [1.54, 1.807) is 12.0 Å². The van der Waals surface area contributed by atoms with Gasteiger partial charge >= 0.3 is 12.2 Å². The van der Waals surface area contributed by atoms with Crippen molar-refractivity contribution >= 4 is 39.9 Å². The summed E-state index contributed by atoms with van der Waals surface area (Å²) in [5.74, 6) is 2.32. The molecular formula is C44H53N7O7. The van der Waals surface area contributed by atoms with Gasteiger partial charge in [0.15, 0.2) is 0 Å². The Morgan fingerprint density at radius 2 is 1.76 bits per heavy atom. The van der Waals surface area contributed by atoms with Gasteiger partial charge in [-0.15, -0.1) is 0 Å². The fourth-order valence-electron chi connectivity index (χ4n) is 8.77. The van der Waals surface area contributed by atoms with E-state index in [1.807, 2.05) is 51.8 Å². The van der Waals surface area contributed by atoms with E-state index in [1.165, 1.54) is 7.11 Å². The summed E-state index contributed by atoms with van der Waals surface area (Å²) in [6.45, 7) is 13.6. The second-order valence-electron chi connectivity index (χ2n) is 17.4. The monoisotopic (exact) mass is 791 g/mol. The van der Waals surface area contributed by atoms with Crippen LogP contribution in [0.15, 0.2) is 48.7 Å². The van der Waals surface area contributed by atoms with Crippen LogP contribution in [-0.2, 0) is 25.6 Å². The predicted molar refractivity (Wildman–Crippen MR) is 219 cm³/mol. The highest BCUT2D eigenvalue weighted by molar-refractivity contribution is 6.07. The van der Waals surface area contributed by atoms with Crippen LogP contribution in [-0.4, -0.2) is 93.4 Å². The molecule has 2 saturated heterocycles. The molecule has 5 atom stereocenters. The molecule has 2 fully saturated rings. The quantitative estimate of drug-likeness (QED) is 0.142. The van der Waals surface area contributed by atoms with Gasteiger partial charge in [0.25, 0.3) is 0 Å². The molecular weight excluding hydrogens is 739 g/mol. The minimum absolute atomic E-state index is 0.108.